The summed E-state index contributed by atoms with van der Waals surface area (Å²) in [5.74, 6) is -2.86. The Hall–Kier alpha value is -2.84. The molecular weight excluding hydrogens is 390 g/mol. The van der Waals surface area contributed by atoms with Crippen molar-refractivity contribution in [2.24, 2.45) is 13.0 Å². The van der Waals surface area contributed by atoms with Crippen molar-refractivity contribution in [1.29, 1.82) is 0 Å². The summed E-state index contributed by atoms with van der Waals surface area (Å²) < 4.78 is 28.9. The van der Waals surface area contributed by atoms with E-state index < -0.39 is 11.8 Å². The van der Waals surface area contributed by atoms with Crippen LogP contribution in [0.2, 0.25) is 0 Å². The molecule has 1 amide bonds. The van der Waals surface area contributed by atoms with Gasteiger partial charge in [0.05, 0.1) is 23.6 Å². The number of hydrogen-bond donors (Lipinski definition) is 1. The van der Waals surface area contributed by atoms with E-state index in [0.29, 0.717) is 12.4 Å². The van der Waals surface area contributed by atoms with Crippen molar-refractivity contribution < 1.29 is 13.6 Å². The van der Waals surface area contributed by atoms with E-state index in [2.05, 4.69) is 26.5 Å². The summed E-state index contributed by atoms with van der Waals surface area (Å²) in [7, 11) is 1.84. The zero-order valence-corrected chi connectivity index (χ0v) is 16.8. The van der Waals surface area contributed by atoms with Gasteiger partial charge in [0.2, 0.25) is 17.8 Å². The molecular formula is C21H24F2N6O. The van der Waals surface area contributed by atoms with E-state index in [4.69, 9.17) is 0 Å². The Kier molecular flexibility index (Phi) is 4.56. The molecule has 2 aliphatic heterocycles. The number of aryl methyl sites for hydroxylation is 1. The second kappa shape index (κ2) is 7.14. The van der Waals surface area contributed by atoms with Crippen molar-refractivity contribution in [3.05, 3.63) is 36.4 Å². The standard InChI is InChI=1S/C21H24F2N6O/c1-28-12-15(11-25-28)26-20-24-7-5-18(27-20)14-8-16-2-3-17(9-14)29(16)19(30)13-4-6-21(22,23)10-13/h5,7-8,11-13,16-17H,2-4,6,9-10H2,1H3,(H,24,26,27). The van der Waals surface area contributed by atoms with Gasteiger partial charge in [0, 0.05) is 44.2 Å². The SMILES string of the molecule is Cn1cc(Nc2nccc(C3=CC4CCC(C3)N4C(=O)C3CCC(F)(F)C3)n2)cn1. The van der Waals surface area contributed by atoms with E-state index in [9.17, 15) is 13.6 Å². The van der Waals surface area contributed by atoms with Crippen molar-refractivity contribution in [2.45, 2.75) is 56.5 Å². The number of halogens is 2. The largest absolute Gasteiger partial charge is 0.333 e. The molecule has 1 saturated heterocycles. The Labute approximate surface area is 173 Å². The monoisotopic (exact) mass is 414 g/mol. The molecule has 3 atom stereocenters. The number of carbonyl (C=O) groups is 1. The minimum atomic E-state index is -2.70. The lowest BCUT2D eigenvalue weighted by molar-refractivity contribution is -0.138. The van der Waals surface area contributed by atoms with Crippen molar-refractivity contribution in [3.8, 4) is 0 Å². The highest BCUT2D eigenvalue weighted by atomic mass is 19.3. The molecule has 2 bridgehead atoms. The number of nitrogens with one attached hydrogen (secondary N) is 1. The molecule has 3 aliphatic rings. The average Bonchev–Trinajstić information content (AvgIpc) is 3.36. The van der Waals surface area contributed by atoms with Crippen molar-refractivity contribution in [2.75, 3.05) is 5.32 Å². The first kappa shape index (κ1) is 19.1. The molecule has 7 nitrogen and oxygen atoms in total. The third-order valence-electron chi connectivity index (χ3n) is 6.35. The van der Waals surface area contributed by atoms with Crippen LogP contribution in [0.5, 0.6) is 0 Å². The third-order valence-corrected chi connectivity index (χ3v) is 6.35. The number of anilines is 2. The molecule has 0 spiro atoms. The Morgan fingerprint density at radius 2 is 2.17 bits per heavy atom. The van der Waals surface area contributed by atoms with Gasteiger partial charge in [-0.05, 0) is 37.3 Å². The molecule has 2 aromatic rings. The molecule has 1 saturated carbocycles. The normalized spacial score (nSPS) is 27.2. The highest BCUT2D eigenvalue weighted by Gasteiger charge is 2.48. The molecule has 5 rings (SSSR count). The number of carbonyl (C=O) groups excluding carboxylic acids is 1. The third kappa shape index (κ3) is 3.57. The van der Waals surface area contributed by atoms with Gasteiger partial charge in [-0.3, -0.25) is 9.48 Å². The van der Waals surface area contributed by atoms with E-state index in [1.807, 2.05) is 24.2 Å². The predicted molar refractivity (Wildman–Crippen MR) is 107 cm³/mol. The highest BCUT2D eigenvalue weighted by molar-refractivity contribution is 5.82. The molecule has 158 valence electrons. The van der Waals surface area contributed by atoms with Gasteiger partial charge in [0.15, 0.2) is 0 Å². The molecule has 1 aliphatic carbocycles. The Bertz CT molecular complexity index is 1000. The molecule has 9 heteroatoms. The van der Waals surface area contributed by atoms with Crippen LogP contribution in [0, 0.1) is 5.92 Å². The van der Waals surface area contributed by atoms with E-state index in [1.54, 1.807) is 17.1 Å². The van der Waals surface area contributed by atoms with Gasteiger partial charge >= 0.3 is 0 Å². The zero-order chi connectivity index (χ0) is 20.9. The lowest BCUT2D eigenvalue weighted by Crippen LogP contribution is -2.45. The van der Waals surface area contributed by atoms with Crippen LogP contribution in [0.15, 0.2) is 30.7 Å². The van der Waals surface area contributed by atoms with Crippen LogP contribution in [-0.4, -0.2) is 48.6 Å². The number of amides is 1. The minimum Gasteiger partial charge on any atom is -0.333 e. The maximum absolute atomic E-state index is 13.6. The second-order valence-corrected chi connectivity index (χ2v) is 8.53. The van der Waals surface area contributed by atoms with Crippen LogP contribution in [0.3, 0.4) is 0 Å². The first-order valence-electron chi connectivity index (χ1n) is 10.4. The van der Waals surface area contributed by atoms with Crippen molar-refractivity contribution in [3.63, 3.8) is 0 Å². The van der Waals surface area contributed by atoms with Gasteiger partial charge in [-0.15, -0.1) is 0 Å². The van der Waals surface area contributed by atoms with Gasteiger partial charge in [-0.25, -0.2) is 18.7 Å². The summed E-state index contributed by atoms with van der Waals surface area (Å²) in [5.41, 5.74) is 2.71. The molecule has 30 heavy (non-hydrogen) atoms. The Morgan fingerprint density at radius 3 is 2.87 bits per heavy atom. The molecule has 0 radical (unpaired) electrons. The molecule has 0 aromatic carbocycles. The zero-order valence-electron chi connectivity index (χ0n) is 16.8. The molecule has 4 heterocycles. The van der Waals surface area contributed by atoms with Crippen LogP contribution in [0.25, 0.3) is 5.57 Å². The van der Waals surface area contributed by atoms with Crippen LogP contribution in [0.1, 0.15) is 44.2 Å². The Balaban J connectivity index is 1.33. The maximum Gasteiger partial charge on any atom is 0.248 e. The summed E-state index contributed by atoms with van der Waals surface area (Å²) in [6.45, 7) is 0. The molecule has 3 unspecified atom stereocenters. The average molecular weight is 414 g/mol. The van der Waals surface area contributed by atoms with Gasteiger partial charge < -0.3 is 10.2 Å². The number of nitrogens with zero attached hydrogens (tertiary/aromatic N) is 5. The Morgan fingerprint density at radius 1 is 1.30 bits per heavy atom. The minimum absolute atomic E-state index is 0.0369. The fourth-order valence-corrected chi connectivity index (χ4v) is 4.95. The number of fused-ring (bicyclic) bond motifs is 2. The van der Waals surface area contributed by atoms with E-state index in [0.717, 1.165) is 29.8 Å². The quantitative estimate of drug-likeness (QED) is 0.828. The second-order valence-electron chi connectivity index (χ2n) is 8.53. The number of rotatable bonds is 4. The predicted octanol–water partition coefficient (Wildman–Crippen LogP) is 3.54. The number of hydrogen-bond acceptors (Lipinski definition) is 5. The first-order valence-corrected chi connectivity index (χ1v) is 10.4. The van der Waals surface area contributed by atoms with E-state index in [-0.39, 0.29) is 37.3 Å². The first-order chi connectivity index (χ1) is 14.4. The fourth-order valence-electron chi connectivity index (χ4n) is 4.95. The van der Waals surface area contributed by atoms with Crippen LogP contribution < -0.4 is 5.32 Å². The lowest BCUT2D eigenvalue weighted by Gasteiger charge is -2.35. The van der Waals surface area contributed by atoms with Crippen LogP contribution in [0.4, 0.5) is 20.4 Å². The lowest BCUT2D eigenvalue weighted by atomic mass is 9.96. The fraction of sp³-hybridized carbons (Fsp3) is 0.524. The molecule has 1 N–H and O–H groups in total. The summed E-state index contributed by atoms with van der Waals surface area (Å²) in [6, 6.07) is 1.89. The van der Waals surface area contributed by atoms with Gasteiger partial charge in [-0.1, -0.05) is 6.08 Å². The summed E-state index contributed by atoms with van der Waals surface area (Å²) in [5, 5.41) is 7.27. The maximum atomic E-state index is 13.6. The number of alkyl halides is 2. The summed E-state index contributed by atoms with van der Waals surface area (Å²) in [6.07, 6.45) is 9.59. The molecule has 2 fully saturated rings. The number of aromatic nitrogens is 4. The molecule has 2 aromatic heterocycles. The summed E-state index contributed by atoms with van der Waals surface area (Å²) in [4.78, 5) is 23.8. The summed E-state index contributed by atoms with van der Waals surface area (Å²) >= 11 is 0. The van der Waals surface area contributed by atoms with Gasteiger partial charge in [0.1, 0.15) is 0 Å². The van der Waals surface area contributed by atoms with E-state index >= 15 is 0 Å². The highest BCUT2D eigenvalue weighted by Crippen LogP contribution is 2.44. The smallest absolute Gasteiger partial charge is 0.248 e. The van der Waals surface area contributed by atoms with Crippen molar-refractivity contribution in [1.82, 2.24) is 24.6 Å². The van der Waals surface area contributed by atoms with Crippen molar-refractivity contribution >= 4 is 23.1 Å². The topological polar surface area (TPSA) is 75.9 Å². The van der Waals surface area contributed by atoms with Crippen LogP contribution >= 0.6 is 0 Å². The van der Waals surface area contributed by atoms with Crippen LogP contribution in [-0.2, 0) is 11.8 Å². The van der Waals surface area contributed by atoms with E-state index in [1.165, 1.54) is 0 Å². The van der Waals surface area contributed by atoms with Gasteiger partial charge in [-0.2, -0.15) is 5.10 Å². The van der Waals surface area contributed by atoms with Gasteiger partial charge in [0.25, 0.3) is 0 Å².